The zero-order valence-electron chi connectivity index (χ0n) is 11.8. The normalized spacial score (nSPS) is 21.2. The fourth-order valence-corrected chi connectivity index (χ4v) is 2.48. The number of ether oxygens (including phenoxy) is 1. The van der Waals surface area contributed by atoms with Gasteiger partial charge in [0.05, 0.1) is 18.3 Å². The zero-order valence-corrected chi connectivity index (χ0v) is 14.3. The molecule has 1 aromatic carbocycles. The van der Waals surface area contributed by atoms with Gasteiger partial charge in [-0.2, -0.15) is 0 Å². The van der Waals surface area contributed by atoms with Gasteiger partial charge >= 0.3 is 28.4 Å². The van der Waals surface area contributed by atoms with Gasteiger partial charge in [-0.1, -0.05) is 24.8 Å². The topological polar surface area (TPSA) is 46.5 Å². The van der Waals surface area contributed by atoms with Crippen LogP contribution in [0.15, 0.2) is 42.5 Å². The van der Waals surface area contributed by atoms with Crippen LogP contribution < -0.4 is 0 Å². The SMILES string of the molecule is C=C1C(O)CCCC1CCOC(=O)c1ccccc1.[F][Os]. The Morgan fingerprint density at radius 3 is 2.67 bits per heavy atom. The Kier molecular flexibility index (Phi) is 8.41. The third-order valence-corrected chi connectivity index (χ3v) is 3.69. The molecule has 5 heteroatoms. The van der Waals surface area contributed by atoms with Crippen molar-refractivity contribution in [2.75, 3.05) is 6.61 Å². The maximum absolute atomic E-state index is 11.7. The molecule has 0 amide bonds. The van der Waals surface area contributed by atoms with Crippen molar-refractivity contribution in [2.24, 2.45) is 5.92 Å². The minimum absolute atomic E-state index is 0.271. The number of carbonyl (C=O) groups excluding carboxylic acids is 1. The summed E-state index contributed by atoms with van der Waals surface area (Å²) in [6, 6.07) is 8.98. The first-order valence-electron chi connectivity index (χ1n) is 6.91. The minimum atomic E-state index is -0.386. The molecule has 1 aliphatic rings. The zero-order chi connectivity index (χ0) is 15.7. The van der Waals surface area contributed by atoms with Crippen molar-refractivity contribution >= 4 is 5.97 Å². The Morgan fingerprint density at radius 2 is 2.00 bits per heavy atom. The summed E-state index contributed by atoms with van der Waals surface area (Å²) < 4.78 is 14.8. The van der Waals surface area contributed by atoms with E-state index < -0.39 is 0 Å². The van der Waals surface area contributed by atoms with Crippen LogP contribution in [0.25, 0.3) is 0 Å². The number of aliphatic hydroxyl groups is 1. The molecule has 2 rings (SSSR count). The van der Waals surface area contributed by atoms with Gasteiger partial charge in [0, 0.05) is 0 Å². The van der Waals surface area contributed by atoms with Crippen molar-refractivity contribution in [3.8, 4) is 0 Å². The monoisotopic (exact) mass is 471 g/mol. The number of hydrogen-bond donors (Lipinski definition) is 1. The molecule has 0 spiro atoms. The third-order valence-electron chi connectivity index (χ3n) is 3.69. The number of halogens is 1. The molecule has 1 N–H and O–H groups in total. The number of benzene rings is 1. The van der Waals surface area contributed by atoms with E-state index >= 15 is 0 Å². The summed E-state index contributed by atoms with van der Waals surface area (Å²) in [6.07, 6.45) is 3.20. The first-order chi connectivity index (χ1) is 10.2. The number of aliphatic hydroxyl groups excluding tert-OH is 1. The Morgan fingerprint density at radius 1 is 1.33 bits per heavy atom. The third kappa shape index (κ3) is 5.69. The first-order valence-corrected chi connectivity index (χ1v) is 7.87. The van der Waals surface area contributed by atoms with Gasteiger partial charge in [0.2, 0.25) is 0 Å². The molecule has 1 aromatic rings. The average molecular weight is 470 g/mol. The predicted octanol–water partition coefficient (Wildman–Crippen LogP) is 3.37. The Hall–Kier alpha value is -1.04. The summed E-state index contributed by atoms with van der Waals surface area (Å²) in [6.45, 7) is 4.32. The number of hydrogen-bond acceptors (Lipinski definition) is 3. The second-order valence-corrected chi connectivity index (χ2v) is 5.01. The van der Waals surface area contributed by atoms with E-state index in [9.17, 15) is 13.2 Å². The van der Waals surface area contributed by atoms with Crippen molar-refractivity contribution < 1.29 is 37.0 Å². The van der Waals surface area contributed by atoms with E-state index in [1.807, 2.05) is 18.2 Å². The van der Waals surface area contributed by atoms with Crippen molar-refractivity contribution in [3.63, 3.8) is 0 Å². The Balaban J connectivity index is 0.00000106. The van der Waals surface area contributed by atoms with Crippen LogP contribution in [0.1, 0.15) is 36.0 Å². The first kappa shape index (κ1) is 18.0. The van der Waals surface area contributed by atoms with Gasteiger partial charge in [0.15, 0.2) is 0 Å². The molecule has 0 aromatic heterocycles. The molecule has 1 saturated carbocycles. The second kappa shape index (κ2) is 9.81. The molecule has 0 saturated heterocycles. The van der Waals surface area contributed by atoms with Crippen LogP contribution in [0.2, 0.25) is 0 Å². The molecule has 2 atom stereocenters. The molecule has 117 valence electrons. The number of esters is 1. The summed E-state index contributed by atoms with van der Waals surface area (Å²) in [5.41, 5.74) is 1.46. The van der Waals surface area contributed by atoms with Gasteiger partial charge in [0.1, 0.15) is 0 Å². The molecule has 0 bridgehead atoms. The van der Waals surface area contributed by atoms with E-state index in [1.165, 1.54) is 0 Å². The molecule has 0 heterocycles. The van der Waals surface area contributed by atoms with E-state index in [0.29, 0.717) is 31.3 Å². The van der Waals surface area contributed by atoms with Gasteiger partial charge < -0.3 is 9.84 Å². The molecule has 2 unspecified atom stereocenters. The number of carbonyl (C=O) groups is 1. The summed E-state index contributed by atoms with van der Waals surface area (Å²) in [4.78, 5) is 11.7. The molecule has 0 radical (unpaired) electrons. The molecular formula is C16H20FO3Os. The molecular weight excluding hydrogens is 449 g/mol. The fraction of sp³-hybridized carbons (Fsp3) is 0.438. The van der Waals surface area contributed by atoms with Crippen LogP contribution in [-0.4, -0.2) is 23.8 Å². The summed E-state index contributed by atoms with van der Waals surface area (Å²) in [7, 11) is 0. The quantitative estimate of drug-likeness (QED) is 0.543. The van der Waals surface area contributed by atoms with E-state index in [1.54, 1.807) is 12.1 Å². The van der Waals surface area contributed by atoms with Gasteiger partial charge in [-0.15, -0.1) is 0 Å². The van der Waals surface area contributed by atoms with Crippen molar-refractivity contribution in [1.29, 1.82) is 0 Å². The maximum atomic E-state index is 11.7. The Bertz CT molecular complexity index is 450. The molecule has 0 aliphatic heterocycles. The van der Waals surface area contributed by atoms with Gasteiger partial charge in [0.25, 0.3) is 0 Å². The van der Waals surface area contributed by atoms with Crippen LogP contribution >= 0.6 is 0 Å². The van der Waals surface area contributed by atoms with Crippen LogP contribution in [0.3, 0.4) is 0 Å². The summed E-state index contributed by atoms with van der Waals surface area (Å²) in [5, 5.41) is 9.73. The van der Waals surface area contributed by atoms with Crippen LogP contribution in [0.4, 0.5) is 3.29 Å². The summed E-state index contributed by atoms with van der Waals surface area (Å²) in [5.74, 6) is -0.0186. The van der Waals surface area contributed by atoms with E-state index in [0.717, 1.165) is 31.3 Å². The van der Waals surface area contributed by atoms with Gasteiger partial charge in [-0.3, -0.25) is 0 Å². The van der Waals surface area contributed by atoms with Gasteiger partial charge in [-0.25, -0.2) is 4.79 Å². The Labute approximate surface area is 135 Å². The van der Waals surface area contributed by atoms with Crippen LogP contribution in [-0.2, 0) is 23.8 Å². The molecule has 21 heavy (non-hydrogen) atoms. The van der Waals surface area contributed by atoms with Crippen molar-refractivity contribution in [2.45, 2.75) is 31.8 Å². The van der Waals surface area contributed by atoms with Crippen LogP contribution in [0, 0.1) is 5.92 Å². The van der Waals surface area contributed by atoms with Crippen molar-refractivity contribution in [1.82, 2.24) is 0 Å². The standard InChI is InChI=1S/C16H20O3.FH.Os/c1-12-13(8-5-9-15(12)17)10-11-19-16(18)14-6-3-2-4-7-14;;/h2-4,6-7,13,15,17H,1,5,8-11H2;1H;/q;;+1/p-1. The fourth-order valence-electron chi connectivity index (χ4n) is 2.48. The van der Waals surface area contributed by atoms with Gasteiger partial charge in [-0.05, 0) is 49.3 Å². The number of rotatable bonds is 4. The van der Waals surface area contributed by atoms with E-state index in [4.69, 9.17) is 4.74 Å². The van der Waals surface area contributed by atoms with E-state index in [2.05, 4.69) is 6.58 Å². The molecule has 1 fully saturated rings. The second-order valence-electron chi connectivity index (χ2n) is 5.01. The summed E-state index contributed by atoms with van der Waals surface area (Å²) >= 11 is 0.361. The van der Waals surface area contributed by atoms with Crippen molar-refractivity contribution in [3.05, 3.63) is 48.0 Å². The van der Waals surface area contributed by atoms with E-state index in [-0.39, 0.29) is 18.0 Å². The molecule has 3 nitrogen and oxygen atoms in total. The van der Waals surface area contributed by atoms with Crippen LogP contribution in [0.5, 0.6) is 0 Å². The average Bonchev–Trinajstić information content (AvgIpc) is 2.54. The molecule has 1 aliphatic carbocycles. The predicted molar refractivity (Wildman–Crippen MR) is 74.9 cm³/mol.